The van der Waals surface area contributed by atoms with E-state index >= 15 is 0 Å². The highest BCUT2D eigenvalue weighted by atomic mass is 16.3. The molecule has 3 rings (SSSR count). The molecule has 0 fully saturated rings. The summed E-state index contributed by atoms with van der Waals surface area (Å²) in [6.45, 7) is 0.622. The lowest BCUT2D eigenvalue weighted by molar-refractivity contribution is 0.282. The molecule has 0 aliphatic heterocycles. The van der Waals surface area contributed by atoms with Crippen LogP contribution < -0.4 is 0 Å². The summed E-state index contributed by atoms with van der Waals surface area (Å²) in [4.78, 5) is 1.44. The van der Waals surface area contributed by atoms with Gasteiger partial charge in [0.1, 0.15) is 0 Å². The van der Waals surface area contributed by atoms with E-state index in [1.165, 1.54) is 4.80 Å². The zero-order valence-electron chi connectivity index (χ0n) is 9.98. The number of tetrazole rings is 1. The summed E-state index contributed by atoms with van der Waals surface area (Å²) in [5, 5.41) is 22.3. The van der Waals surface area contributed by atoms with Gasteiger partial charge in [0.05, 0.1) is 20.2 Å². The Kier molecular flexibility index (Phi) is 2.56. The quantitative estimate of drug-likeness (QED) is 0.735. The molecular formula is C12H13N5O. The number of aliphatic hydroxyl groups excluding tert-OH is 1. The summed E-state index contributed by atoms with van der Waals surface area (Å²) in [5.41, 5.74) is 1.96. The maximum absolute atomic E-state index is 9.17. The van der Waals surface area contributed by atoms with Crippen molar-refractivity contribution in [3.63, 3.8) is 0 Å². The van der Waals surface area contributed by atoms with Gasteiger partial charge in [-0.1, -0.05) is 12.1 Å². The molecule has 0 saturated heterocycles. The number of hydrogen-bond donors (Lipinski definition) is 1. The predicted molar refractivity (Wildman–Crippen MR) is 65.8 cm³/mol. The first-order chi connectivity index (χ1) is 8.76. The highest BCUT2D eigenvalue weighted by Gasteiger charge is 2.06. The summed E-state index contributed by atoms with van der Waals surface area (Å²) in [6, 6.07) is 7.94. The molecule has 3 aromatic rings. The van der Waals surface area contributed by atoms with E-state index in [2.05, 4.69) is 15.4 Å². The van der Waals surface area contributed by atoms with Crippen LogP contribution >= 0.6 is 0 Å². The molecule has 0 spiro atoms. The van der Waals surface area contributed by atoms with E-state index in [0.717, 1.165) is 16.5 Å². The van der Waals surface area contributed by atoms with Crippen molar-refractivity contribution >= 4 is 10.9 Å². The van der Waals surface area contributed by atoms with Crippen molar-refractivity contribution in [2.24, 2.45) is 7.05 Å². The van der Waals surface area contributed by atoms with Gasteiger partial charge in [0, 0.05) is 11.7 Å². The Morgan fingerprint density at radius 1 is 1.28 bits per heavy atom. The zero-order chi connectivity index (χ0) is 12.5. The fourth-order valence-electron chi connectivity index (χ4n) is 2.00. The molecule has 2 aromatic heterocycles. The second kappa shape index (κ2) is 4.23. The number of rotatable bonds is 3. The molecule has 0 radical (unpaired) electrons. The van der Waals surface area contributed by atoms with Crippen LogP contribution in [0.4, 0.5) is 0 Å². The molecule has 18 heavy (non-hydrogen) atoms. The smallest absolute Gasteiger partial charge is 0.194 e. The van der Waals surface area contributed by atoms with E-state index in [9.17, 15) is 5.11 Å². The van der Waals surface area contributed by atoms with Gasteiger partial charge in [0.25, 0.3) is 0 Å². The lowest BCUT2D eigenvalue weighted by Gasteiger charge is -2.03. The summed E-state index contributed by atoms with van der Waals surface area (Å²) in [6.07, 6.45) is 1.99. The normalized spacial score (nSPS) is 11.2. The number of aryl methyl sites for hydroxylation is 1. The molecule has 2 heterocycles. The van der Waals surface area contributed by atoms with Crippen LogP contribution in [-0.4, -0.2) is 29.9 Å². The second-order valence-electron chi connectivity index (χ2n) is 4.19. The Morgan fingerprint density at radius 2 is 2.17 bits per heavy atom. The molecule has 1 N–H and O–H groups in total. The summed E-state index contributed by atoms with van der Waals surface area (Å²) in [7, 11) is 1.74. The van der Waals surface area contributed by atoms with Crippen LogP contribution in [0.2, 0.25) is 0 Å². The van der Waals surface area contributed by atoms with Crippen LogP contribution in [0.1, 0.15) is 11.4 Å². The molecule has 0 unspecified atom stereocenters. The number of hydrogen-bond acceptors (Lipinski definition) is 4. The average molecular weight is 243 g/mol. The Bertz CT molecular complexity index is 685. The standard InChI is InChI=1S/C12H13N5O/c1-16-14-12(13-15-16)7-17-5-4-10-3-2-9(8-18)6-11(10)17/h2-6,18H,7-8H2,1H3. The topological polar surface area (TPSA) is 68.8 Å². The SMILES string of the molecule is Cn1nnc(Cn2ccc3ccc(CO)cc32)n1. The molecule has 0 saturated carbocycles. The van der Waals surface area contributed by atoms with Crippen LogP contribution in [0.5, 0.6) is 0 Å². The molecule has 6 nitrogen and oxygen atoms in total. The highest BCUT2D eigenvalue weighted by Crippen LogP contribution is 2.18. The lowest BCUT2D eigenvalue weighted by atomic mass is 10.2. The molecule has 0 aliphatic rings. The first-order valence-electron chi connectivity index (χ1n) is 5.68. The van der Waals surface area contributed by atoms with Crippen molar-refractivity contribution < 1.29 is 5.11 Å². The van der Waals surface area contributed by atoms with Gasteiger partial charge in [-0.15, -0.1) is 10.2 Å². The minimum atomic E-state index is 0.0461. The Labute approximate surface area is 103 Å². The molecule has 0 bridgehead atoms. The number of nitrogens with zero attached hydrogens (tertiary/aromatic N) is 5. The van der Waals surface area contributed by atoms with Crippen molar-refractivity contribution in [2.75, 3.05) is 0 Å². The molecule has 0 amide bonds. The highest BCUT2D eigenvalue weighted by molar-refractivity contribution is 5.80. The van der Waals surface area contributed by atoms with Gasteiger partial charge < -0.3 is 9.67 Å². The van der Waals surface area contributed by atoms with E-state index in [1.54, 1.807) is 7.05 Å². The Hall–Kier alpha value is -2.21. The van der Waals surface area contributed by atoms with Gasteiger partial charge in [0.2, 0.25) is 0 Å². The first-order valence-corrected chi connectivity index (χ1v) is 5.68. The van der Waals surface area contributed by atoms with Crippen molar-refractivity contribution in [1.82, 2.24) is 24.8 Å². The van der Waals surface area contributed by atoms with Crippen LogP contribution in [0.15, 0.2) is 30.5 Å². The number of fused-ring (bicyclic) bond motifs is 1. The molecule has 92 valence electrons. The Balaban J connectivity index is 2.01. The van der Waals surface area contributed by atoms with Gasteiger partial charge in [-0.2, -0.15) is 4.80 Å². The van der Waals surface area contributed by atoms with Gasteiger partial charge in [-0.25, -0.2) is 0 Å². The van der Waals surface area contributed by atoms with Gasteiger partial charge in [0.15, 0.2) is 5.82 Å². The first kappa shape index (κ1) is 10.9. The van der Waals surface area contributed by atoms with Gasteiger partial charge >= 0.3 is 0 Å². The van der Waals surface area contributed by atoms with E-state index < -0.39 is 0 Å². The third kappa shape index (κ3) is 1.86. The monoisotopic (exact) mass is 243 g/mol. The Morgan fingerprint density at radius 3 is 2.89 bits per heavy atom. The fourth-order valence-corrected chi connectivity index (χ4v) is 2.00. The minimum Gasteiger partial charge on any atom is -0.392 e. The number of benzene rings is 1. The minimum absolute atomic E-state index is 0.0461. The summed E-state index contributed by atoms with van der Waals surface area (Å²) < 4.78 is 2.05. The molecular weight excluding hydrogens is 230 g/mol. The van der Waals surface area contributed by atoms with Crippen LogP contribution in [0.3, 0.4) is 0 Å². The van der Waals surface area contributed by atoms with Gasteiger partial charge in [-0.05, 0) is 28.3 Å². The van der Waals surface area contributed by atoms with Gasteiger partial charge in [-0.3, -0.25) is 0 Å². The van der Waals surface area contributed by atoms with E-state index in [1.807, 2.05) is 35.0 Å². The third-order valence-electron chi connectivity index (χ3n) is 2.88. The third-order valence-corrected chi connectivity index (χ3v) is 2.88. The van der Waals surface area contributed by atoms with E-state index in [-0.39, 0.29) is 6.61 Å². The van der Waals surface area contributed by atoms with Crippen molar-refractivity contribution in [3.8, 4) is 0 Å². The summed E-state index contributed by atoms with van der Waals surface area (Å²) >= 11 is 0. The fraction of sp³-hybridized carbons (Fsp3) is 0.250. The molecule has 6 heteroatoms. The lowest BCUT2D eigenvalue weighted by Crippen LogP contribution is -2.01. The second-order valence-corrected chi connectivity index (χ2v) is 4.19. The van der Waals surface area contributed by atoms with Crippen molar-refractivity contribution in [1.29, 1.82) is 0 Å². The maximum Gasteiger partial charge on any atom is 0.194 e. The zero-order valence-corrected chi connectivity index (χ0v) is 9.98. The van der Waals surface area contributed by atoms with Crippen molar-refractivity contribution in [3.05, 3.63) is 41.9 Å². The van der Waals surface area contributed by atoms with Crippen molar-refractivity contribution in [2.45, 2.75) is 13.2 Å². The van der Waals surface area contributed by atoms with Crippen LogP contribution in [0, 0.1) is 0 Å². The average Bonchev–Trinajstić information content (AvgIpc) is 2.96. The number of aromatic nitrogens is 5. The molecule has 0 aliphatic carbocycles. The predicted octanol–water partition coefficient (Wildman–Crippen LogP) is 0.705. The van der Waals surface area contributed by atoms with Crippen LogP contribution in [-0.2, 0) is 20.2 Å². The van der Waals surface area contributed by atoms with Crippen LogP contribution in [0.25, 0.3) is 10.9 Å². The van der Waals surface area contributed by atoms with E-state index in [4.69, 9.17) is 0 Å². The number of aliphatic hydroxyl groups is 1. The van der Waals surface area contributed by atoms with E-state index in [0.29, 0.717) is 12.4 Å². The molecule has 0 atom stereocenters. The molecule has 1 aromatic carbocycles. The largest absolute Gasteiger partial charge is 0.392 e. The summed E-state index contributed by atoms with van der Waals surface area (Å²) in [5.74, 6) is 0.671. The maximum atomic E-state index is 9.17.